The van der Waals surface area contributed by atoms with Gasteiger partial charge >= 0.3 is 0 Å². The molecular weight excluding hydrogens is 584 g/mol. The second kappa shape index (κ2) is 12.2. The molecule has 1 aliphatic heterocycles. The predicted molar refractivity (Wildman–Crippen MR) is 180 cm³/mol. The maximum absolute atomic E-state index is 14.6. The minimum absolute atomic E-state index is 0.163. The molecule has 0 radical (unpaired) electrons. The highest BCUT2D eigenvalue weighted by Crippen LogP contribution is 2.38. The van der Waals surface area contributed by atoms with Gasteiger partial charge in [0.25, 0.3) is 11.5 Å². The van der Waals surface area contributed by atoms with Crippen LogP contribution in [0.1, 0.15) is 43.5 Å². The van der Waals surface area contributed by atoms with Crippen LogP contribution in [-0.4, -0.2) is 47.7 Å². The fourth-order valence-electron chi connectivity index (χ4n) is 6.12. The summed E-state index contributed by atoms with van der Waals surface area (Å²) >= 11 is 1.32. The number of nitrogens with one attached hydrogen (secondary N) is 1. The number of aryl methyl sites for hydroxylation is 1. The molecule has 8 nitrogen and oxygen atoms in total. The molecule has 3 aromatic carbocycles. The largest absolute Gasteiger partial charge is 0.497 e. The number of carbonyl (C=O) groups is 1. The number of para-hydroxylation sites is 1. The van der Waals surface area contributed by atoms with Gasteiger partial charge in [-0.25, -0.2) is 4.99 Å². The molecule has 9 heteroatoms. The number of likely N-dealkylation sites (N-methyl/N-ethyl adjacent to an activating group) is 1. The fourth-order valence-corrected chi connectivity index (χ4v) is 7.15. The Morgan fingerprint density at radius 3 is 2.47 bits per heavy atom. The molecule has 1 aliphatic rings. The number of methoxy groups -OCH3 is 2. The molecule has 0 saturated heterocycles. The van der Waals surface area contributed by atoms with E-state index in [1.165, 1.54) is 11.3 Å². The van der Waals surface area contributed by atoms with Gasteiger partial charge in [-0.3, -0.25) is 14.2 Å². The molecule has 0 saturated carbocycles. The minimum Gasteiger partial charge on any atom is -0.497 e. The number of aromatic amines is 1. The molecule has 0 bridgehead atoms. The topological polar surface area (TPSA) is 88.9 Å². The standard InChI is InChI=1S/C36H36N4O4S/c1-7-39(8-2)35(42)30-22(4)37-36-40(33(30)27-19-24(43-5)17-18-28(27)44-6)34(41)29(45-36)20-26-25-16-12-13-21(3)31(25)38-32(26)23-14-10-9-11-15-23/h9-20,33,38H,7-8H2,1-6H3/b29-20+/t33-/m1/s1. The van der Waals surface area contributed by atoms with E-state index in [4.69, 9.17) is 14.5 Å². The number of benzene rings is 3. The summed E-state index contributed by atoms with van der Waals surface area (Å²) in [5.74, 6) is 0.983. The Morgan fingerprint density at radius 2 is 1.78 bits per heavy atom. The molecule has 1 N–H and O–H groups in total. The third-order valence-corrected chi connectivity index (χ3v) is 9.44. The summed E-state index contributed by atoms with van der Waals surface area (Å²) in [6.45, 7) is 8.86. The number of nitrogens with zero attached hydrogens (tertiary/aromatic N) is 3. The van der Waals surface area contributed by atoms with Gasteiger partial charge in [0.15, 0.2) is 4.80 Å². The van der Waals surface area contributed by atoms with Gasteiger partial charge in [-0.1, -0.05) is 59.9 Å². The van der Waals surface area contributed by atoms with Crippen molar-refractivity contribution in [3.8, 4) is 22.8 Å². The number of carbonyl (C=O) groups excluding carboxylic acids is 1. The number of thiazole rings is 1. The second-order valence-electron chi connectivity index (χ2n) is 10.9. The lowest BCUT2D eigenvalue weighted by atomic mass is 9.93. The average molecular weight is 621 g/mol. The molecule has 45 heavy (non-hydrogen) atoms. The third kappa shape index (κ3) is 5.17. The van der Waals surface area contributed by atoms with Crippen molar-refractivity contribution in [1.29, 1.82) is 0 Å². The Kier molecular flexibility index (Phi) is 8.20. The van der Waals surface area contributed by atoms with Crippen molar-refractivity contribution in [2.75, 3.05) is 27.3 Å². The molecular formula is C36H36N4O4S. The van der Waals surface area contributed by atoms with E-state index in [2.05, 4.69) is 36.2 Å². The summed E-state index contributed by atoms with van der Waals surface area (Å²) < 4.78 is 13.5. The van der Waals surface area contributed by atoms with E-state index >= 15 is 0 Å². The van der Waals surface area contributed by atoms with E-state index < -0.39 is 6.04 Å². The number of allylic oxidation sites excluding steroid dienone is 1. The zero-order chi connectivity index (χ0) is 31.8. The first-order valence-electron chi connectivity index (χ1n) is 15.0. The van der Waals surface area contributed by atoms with Crippen LogP contribution in [0.2, 0.25) is 0 Å². The number of amides is 1. The van der Waals surface area contributed by atoms with Crippen LogP contribution in [0.4, 0.5) is 0 Å². The fraction of sp³-hybridized carbons (Fsp3) is 0.250. The van der Waals surface area contributed by atoms with Crippen molar-refractivity contribution in [3.63, 3.8) is 0 Å². The van der Waals surface area contributed by atoms with E-state index in [0.29, 0.717) is 50.8 Å². The van der Waals surface area contributed by atoms with Crippen LogP contribution in [0.3, 0.4) is 0 Å². The maximum atomic E-state index is 14.6. The third-order valence-electron chi connectivity index (χ3n) is 8.45. The van der Waals surface area contributed by atoms with Crippen LogP contribution in [0.15, 0.2) is 87.8 Å². The van der Waals surface area contributed by atoms with Crippen molar-refractivity contribution in [1.82, 2.24) is 14.5 Å². The molecule has 0 unspecified atom stereocenters. The van der Waals surface area contributed by atoms with Gasteiger partial charge in [0.1, 0.15) is 17.5 Å². The first-order valence-corrected chi connectivity index (χ1v) is 15.8. The maximum Gasteiger partial charge on any atom is 0.271 e. The minimum atomic E-state index is -0.764. The second-order valence-corrected chi connectivity index (χ2v) is 12.0. The van der Waals surface area contributed by atoms with Gasteiger partial charge in [0, 0.05) is 35.1 Å². The van der Waals surface area contributed by atoms with Gasteiger partial charge < -0.3 is 19.4 Å². The molecule has 230 valence electrons. The number of H-pyrrole nitrogens is 1. The van der Waals surface area contributed by atoms with Crippen molar-refractivity contribution >= 4 is 34.2 Å². The summed E-state index contributed by atoms with van der Waals surface area (Å²) in [5.41, 5.74) is 6.46. The molecule has 0 aliphatic carbocycles. The molecule has 1 amide bonds. The summed E-state index contributed by atoms with van der Waals surface area (Å²) in [5, 5.41) is 1.03. The van der Waals surface area contributed by atoms with E-state index in [1.54, 1.807) is 35.8 Å². The van der Waals surface area contributed by atoms with Crippen LogP contribution >= 0.6 is 11.3 Å². The zero-order valence-corrected chi connectivity index (χ0v) is 27.1. The van der Waals surface area contributed by atoms with Gasteiger partial charge in [0.05, 0.1) is 35.7 Å². The zero-order valence-electron chi connectivity index (χ0n) is 26.3. The van der Waals surface area contributed by atoms with E-state index in [1.807, 2.05) is 57.2 Å². The van der Waals surface area contributed by atoms with Crippen molar-refractivity contribution < 1.29 is 14.3 Å². The van der Waals surface area contributed by atoms with Crippen LogP contribution in [0.25, 0.3) is 28.2 Å². The summed E-state index contributed by atoms with van der Waals surface area (Å²) in [6.07, 6.45) is 1.95. The first-order chi connectivity index (χ1) is 21.8. The monoisotopic (exact) mass is 620 g/mol. The van der Waals surface area contributed by atoms with E-state index in [0.717, 1.165) is 33.3 Å². The van der Waals surface area contributed by atoms with Crippen LogP contribution in [-0.2, 0) is 4.79 Å². The Balaban J connectivity index is 1.65. The van der Waals surface area contributed by atoms with Crippen LogP contribution in [0, 0.1) is 6.92 Å². The summed E-state index contributed by atoms with van der Waals surface area (Å²) in [4.78, 5) is 39.4. The lowest BCUT2D eigenvalue weighted by Crippen LogP contribution is -2.43. The smallest absolute Gasteiger partial charge is 0.271 e. The van der Waals surface area contributed by atoms with Crippen molar-refractivity contribution in [3.05, 3.63) is 114 Å². The predicted octanol–water partition coefficient (Wildman–Crippen LogP) is 5.58. The molecule has 0 spiro atoms. The van der Waals surface area contributed by atoms with Gasteiger partial charge in [-0.05, 0) is 63.1 Å². The van der Waals surface area contributed by atoms with Gasteiger partial charge in [0.2, 0.25) is 0 Å². The lowest BCUT2D eigenvalue weighted by molar-refractivity contribution is -0.127. The van der Waals surface area contributed by atoms with Gasteiger partial charge in [-0.15, -0.1) is 0 Å². The number of aromatic nitrogens is 2. The lowest BCUT2D eigenvalue weighted by Gasteiger charge is -2.30. The Hall–Kier alpha value is -4.89. The average Bonchev–Trinajstić information content (AvgIpc) is 3.58. The number of hydrogen-bond acceptors (Lipinski definition) is 6. The molecule has 6 rings (SSSR count). The summed E-state index contributed by atoms with van der Waals surface area (Å²) in [6, 6.07) is 21.0. The molecule has 1 atom stereocenters. The Bertz CT molecular complexity index is 2140. The number of hydrogen-bond donors (Lipinski definition) is 1. The Labute approximate surface area is 265 Å². The molecule has 5 aromatic rings. The Morgan fingerprint density at radius 1 is 1.02 bits per heavy atom. The molecule has 0 fully saturated rings. The normalized spacial score (nSPS) is 14.8. The van der Waals surface area contributed by atoms with Crippen LogP contribution < -0.4 is 24.4 Å². The molecule has 2 aromatic heterocycles. The number of fused-ring (bicyclic) bond motifs is 2. The highest BCUT2D eigenvalue weighted by molar-refractivity contribution is 7.07. The quantitative estimate of drug-likeness (QED) is 0.246. The van der Waals surface area contributed by atoms with E-state index in [-0.39, 0.29) is 11.5 Å². The van der Waals surface area contributed by atoms with Gasteiger partial charge in [-0.2, -0.15) is 0 Å². The van der Waals surface area contributed by atoms with Crippen molar-refractivity contribution in [2.24, 2.45) is 4.99 Å². The SMILES string of the molecule is CCN(CC)C(=O)C1=C(C)N=c2s/c(=C/c3c(-c4ccccc4)[nH]c4c(C)cccc34)c(=O)n2[C@@H]1c1cc(OC)ccc1OC. The number of ether oxygens (including phenoxy) is 2. The van der Waals surface area contributed by atoms with Crippen LogP contribution in [0.5, 0.6) is 11.5 Å². The highest BCUT2D eigenvalue weighted by Gasteiger charge is 2.36. The molecule has 3 heterocycles. The summed E-state index contributed by atoms with van der Waals surface area (Å²) in [7, 11) is 3.18. The highest BCUT2D eigenvalue weighted by atomic mass is 32.1. The van der Waals surface area contributed by atoms with Crippen molar-refractivity contribution in [2.45, 2.75) is 33.7 Å². The van der Waals surface area contributed by atoms with E-state index in [9.17, 15) is 9.59 Å². The first kappa shape index (κ1) is 30.1. The number of rotatable bonds is 8.